The fourth-order valence-electron chi connectivity index (χ4n) is 3.26. The number of rotatable bonds is 11. The summed E-state index contributed by atoms with van der Waals surface area (Å²) in [5.74, 6) is -0.873. The molecule has 0 saturated carbocycles. The van der Waals surface area contributed by atoms with Crippen LogP contribution in [0.25, 0.3) is 0 Å². The Labute approximate surface area is 157 Å². The molecule has 3 heteroatoms. The van der Waals surface area contributed by atoms with E-state index < -0.39 is 5.97 Å². The van der Waals surface area contributed by atoms with Gasteiger partial charge in [-0.15, -0.1) is 0 Å². The molecule has 0 atom stereocenters. The zero-order valence-corrected chi connectivity index (χ0v) is 16.1. The third-order valence-electron chi connectivity index (χ3n) is 4.88. The van der Waals surface area contributed by atoms with Crippen LogP contribution in [0.5, 0.6) is 0 Å². The molecule has 0 aromatic heterocycles. The number of aryl methyl sites for hydroxylation is 2. The Bertz CT molecular complexity index is 679. The summed E-state index contributed by atoms with van der Waals surface area (Å²) < 4.78 is 0. The molecular weight excluding hydrogens is 322 g/mol. The second-order valence-electron chi connectivity index (χ2n) is 6.97. The van der Waals surface area contributed by atoms with Crippen molar-refractivity contribution >= 4 is 11.7 Å². The molecule has 3 nitrogen and oxygen atoms in total. The summed E-state index contributed by atoms with van der Waals surface area (Å²) >= 11 is 0. The van der Waals surface area contributed by atoms with Crippen LogP contribution < -0.4 is 4.90 Å². The summed E-state index contributed by atoms with van der Waals surface area (Å²) in [6.45, 7) is 3.34. The second-order valence-corrected chi connectivity index (χ2v) is 6.97. The molecule has 0 aliphatic heterocycles. The van der Waals surface area contributed by atoms with Crippen LogP contribution in [-0.2, 0) is 12.8 Å². The first-order valence-electron chi connectivity index (χ1n) is 9.73. The number of benzene rings is 2. The summed E-state index contributed by atoms with van der Waals surface area (Å²) in [4.78, 5) is 13.3. The lowest BCUT2D eigenvalue weighted by Crippen LogP contribution is -2.20. The lowest BCUT2D eigenvalue weighted by atomic mass is 10.0. The molecule has 0 fully saturated rings. The van der Waals surface area contributed by atoms with E-state index in [-0.39, 0.29) is 0 Å². The van der Waals surface area contributed by atoms with Crippen molar-refractivity contribution in [1.82, 2.24) is 0 Å². The Hall–Kier alpha value is -2.29. The summed E-state index contributed by atoms with van der Waals surface area (Å²) in [6.07, 6.45) is 8.37. The number of nitrogens with zero attached hydrogens (tertiary/aromatic N) is 1. The van der Waals surface area contributed by atoms with Gasteiger partial charge in [-0.05, 0) is 48.6 Å². The zero-order valence-electron chi connectivity index (χ0n) is 16.1. The van der Waals surface area contributed by atoms with Gasteiger partial charge in [-0.25, -0.2) is 4.79 Å². The number of hydrogen-bond donors (Lipinski definition) is 1. The quantitative estimate of drug-likeness (QED) is 0.536. The molecule has 2 aromatic rings. The number of carboxylic acids is 1. The SMILES string of the molecule is CCCCCCCN(C)c1ccccc1CCc1ccc(C(=O)O)cc1. The fraction of sp³-hybridized carbons (Fsp3) is 0.435. The van der Waals surface area contributed by atoms with Gasteiger partial charge in [0.05, 0.1) is 5.56 Å². The van der Waals surface area contributed by atoms with Crippen LogP contribution in [0, 0.1) is 0 Å². The van der Waals surface area contributed by atoms with Crippen LogP contribution in [0.1, 0.15) is 60.5 Å². The molecule has 0 heterocycles. The van der Waals surface area contributed by atoms with Gasteiger partial charge in [0.2, 0.25) is 0 Å². The van der Waals surface area contributed by atoms with Crippen molar-refractivity contribution in [3.05, 3.63) is 65.2 Å². The standard InChI is InChI=1S/C23H31NO2/c1-3-4-5-6-9-18-24(2)22-11-8-7-10-20(22)15-12-19-13-16-21(17-14-19)23(25)26/h7-8,10-11,13-14,16-17H,3-6,9,12,15,18H2,1-2H3,(H,25,26). The van der Waals surface area contributed by atoms with Crippen LogP contribution >= 0.6 is 0 Å². The van der Waals surface area contributed by atoms with Crippen LogP contribution in [0.2, 0.25) is 0 Å². The number of para-hydroxylation sites is 1. The molecule has 0 radical (unpaired) electrons. The molecule has 2 rings (SSSR count). The Morgan fingerprint density at radius 2 is 1.62 bits per heavy atom. The van der Waals surface area contributed by atoms with Crippen molar-refractivity contribution in [2.75, 3.05) is 18.5 Å². The van der Waals surface area contributed by atoms with Gasteiger partial charge >= 0.3 is 5.97 Å². The van der Waals surface area contributed by atoms with Gasteiger partial charge in [-0.1, -0.05) is 62.9 Å². The molecule has 0 bridgehead atoms. The minimum atomic E-state index is -0.873. The molecular formula is C23H31NO2. The van der Waals surface area contributed by atoms with Gasteiger partial charge in [0.25, 0.3) is 0 Å². The van der Waals surface area contributed by atoms with Gasteiger partial charge in [0.1, 0.15) is 0 Å². The third kappa shape index (κ3) is 6.21. The first kappa shape index (κ1) is 20.0. The third-order valence-corrected chi connectivity index (χ3v) is 4.88. The second kappa shape index (κ2) is 10.6. The Morgan fingerprint density at radius 3 is 2.31 bits per heavy atom. The van der Waals surface area contributed by atoms with Gasteiger partial charge in [-0.2, -0.15) is 0 Å². The highest BCUT2D eigenvalue weighted by atomic mass is 16.4. The van der Waals surface area contributed by atoms with Crippen LogP contribution in [0.15, 0.2) is 48.5 Å². The molecule has 0 aliphatic rings. The summed E-state index contributed by atoms with van der Waals surface area (Å²) in [5.41, 5.74) is 4.18. The van der Waals surface area contributed by atoms with E-state index >= 15 is 0 Å². The van der Waals surface area contributed by atoms with Crippen LogP contribution in [-0.4, -0.2) is 24.7 Å². The first-order valence-corrected chi connectivity index (χ1v) is 9.73. The summed E-state index contributed by atoms with van der Waals surface area (Å²) in [6, 6.07) is 15.8. The highest BCUT2D eigenvalue weighted by Crippen LogP contribution is 2.22. The Balaban J connectivity index is 1.92. The minimum absolute atomic E-state index is 0.344. The number of aromatic carboxylic acids is 1. The molecule has 26 heavy (non-hydrogen) atoms. The van der Waals surface area contributed by atoms with E-state index in [9.17, 15) is 4.79 Å². The van der Waals surface area contributed by atoms with Crippen LogP contribution in [0.4, 0.5) is 5.69 Å². The topological polar surface area (TPSA) is 40.5 Å². The van der Waals surface area contributed by atoms with E-state index in [0.29, 0.717) is 5.56 Å². The maximum absolute atomic E-state index is 11.0. The molecule has 140 valence electrons. The number of anilines is 1. The van der Waals surface area contributed by atoms with Gasteiger partial charge < -0.3 is 10.0 Å². The van der Waals surface area contributed by atoms with Gasteiger partial charge in [-0.3, -0.25) is 0 Å². The smallest absolute Gasteiger partial charge is 0.335 e. The number of hydrogen-bond acceptors (Lipinski definition) is 2. The fourth-order valence-corrected chi connectivity index (χ4v) is 3.26. The number of carboxylic acid groups (broad SMARTS) is 1. The summed E-state index contributed by atoms with van der Waals surface area (Å²) in [7, 11) is 2.18. The lowest BCUT2D eigenvalue weighted by molar-refractivity contribution is 0.0697. The molecule has 1 N–H and O–H groups in total. The van der Waals surface area contributed by atoms with E-state index in [0.717, 1.165) is 19.4 Å². The Kier molecular flexibility index (Phi) is 8.20. The van der Waals surface area contributed by atoms with Crippen LogP contribution in [0.3, 0.4) is 0 Å². The molecule has 0 amide bonds. The largest absolute Gasteiger partial charge is 0.478 e. The van der Waals surface area contributed by atoms with Gasteiger partial charge in [0, 0.05) is 19.3 Å². The van der Waals surface area contributed by atoms with E-state index in [1.165, 1.54) is 48.9 Å². The van der Waals surface area contributed by atoms with E-state index in [1.54, 1.807) is 12.1 Å². The first-order chi connectivity index (χ1) is 12.6. The number of carbonyl (C=O) groups is 1. The highest BCUT2D eigenvalue weighted by molar-refractivity contribution is 5.87. The molecule has 0 saturated heterocycles. The maximum atomic E-state index is 11.0. The summed E-state index contributed by atoms with van der Waals surface area (Å²) in [5, 5.41) is 8.99. The zero-order chi connectivity index (χ0) is 18.8. The van der Waals surface area contributed by atoms with E-state index in [2.05, 4.69) is 43.1 Å². The van der Waals surface area contributed by atoms with Crippen molar-refractivity contribution in [2.45, 2.75) is 51.9 Å². The maximum Gasteiger partial charge on any atom is 0.335 e. The molecule has 0 unspecified atom stereocenters. The molecule has 0 spiro atoms. The predicted molar refractivity (Wildman–Crippen MR) is 109 cm³/mol. The lowest BCUT2D eigenvalue weighted by Gasteiger charge is -2.22. The average molecular weight is 354 g/mol. The average Bonchev–Trinajstić information content (AvgIpc) is 2.66. The van der Waals surface area contributed by atoms with Crippen molar-refractivity contribution in [1.29, 1.82) is 0 Å². The van der Waals surface area contributed by atoms with E-state index in [1.807, 2.05) is 12.1 Å². The predicted octanol–water partition coefficient (Wildman–Crippen LogP) is 5.58. The van der Waals surface area contributed by atoms with Crippen molar-refractivity contribution in [2.24, 2.45) is 0 Å². The Morgan fingerprint density at radius 1 is 0.923 bits per heavy atom. The highest BCUT2D eigenvalue weighted by Gasteiger charge is 2.08. The van der Waals surface area contributed by atoms with Crippen molar-refractivity contribution in [3.63, 3.8) is 0 Å². The minimum Gasteiger partial charge on any atom is -0.478 e. The molecule has 2 aromatic carbocycles. The van der Waals surface area contributed by atoms with Crippen molar-refractivity contribution < 1.29 is 9.90 Å². The normalized spacial score (nSPS) is 10.7. The van der Waals surface area contributed by atoms with Crippen molar-refractivity contribution in [3.8, 4) is 0 Å². The number of unbranched alkanes of at least 4 members (excludes halogenated alkanes) is 4. The monoisotopic (exact) mass is 353 g/mol. The van der Waals surface area contributed by atoms with Gasteiger partial charge in [0.15, 0.2) is 0 Å². The van der Waals surface area contributed by atoms with E-state index in [4.69, 9.17) is 5.11 Å². The molecule has 0 aliphatic carbocycles.